The van der Waals surface area contributed by atoms with Crippen molar-refractivity contribution in [2.24, 2.45) is 0 Å². The smallest absolute Gasteiger partial charge is 0.116 e. The number of hydrogen-bond acceptors (Lipinski definition) is 2. The first-order valence-corrected chi connectivity index (χ1v) is 4.72. The van der Waals surface area contributed by atoms with Gasteiger partial charge in [0.15, 0.2) is 0 Å². The summed E-state index contributed by atoms with van der Waals surface area (Å²) in [5, 5.41) is 3.21. The molecule has 0 saturated heterocycles. The molecule has 0 fully saturated rings. The van der Waals surface area contributed by atoms with E-state index in [1.807, 2.05) is 0 Å². The minimum atomic E-state index is 0.590. The molecule has 1 heterocycles. The first-order chi connectivity index (χ1) is 6.27. The van der Waals surface area contributed by atoms with Crippen molar-refractivity contribution in [2.45, 2.75) is 26.4 Å². The van der Waals surface area contributed by atoms with E-state index in [1.54, 1.807) is 0 Å². The van der Waals surface area contributed by atoms with Crippen LogP contribution in [0.5, 0.6) is 0 Å². The van der Waals surface area contributed by atoms with Crippen molar-refractivity contribution in [1.29, 1.82) is 0 Å². The molecule has 0 radical (unpaired) electrons. The van der Waals surface area contributed by atoms with Crippen LogP contribution in [0.2, 0.25) is 0 Å². The van der Waals surface area contributed by atoms with Gasteiger partial charge in [-0.25, -0.2) is 0 Å². The summed E-state index contributed by atoms with van der Waals surface area (Å²) < 4.78 is 5.32. The molecule has 1 aliphatic heterocycles. The lowest BCUT2D eigenvalue weighted by Crippen LogP contribution is -2.14. The third-order valence-electron chi connectivity index (χ3n) is 2.42. The Labute approximate surface area is 78.9 Å². The average molecular weight is 177 g/mol. The molecule has 0 aliphatic carbocycles. The van der Waals surface area contributed by atoms with Crippen LogP contribution in [0.15, 0.2) is 18.2 Å². The lowest BCUT2D eigenvalue weighted by atomic mass is 10.00. The summed E-state index contributed by atoms with van der Waals surface area (Å²) in [4.78, 5) is 0. The van der Waals surface area contributed by atoms with E-state index in [-0.39, 0.29) is 0 Å². The van der Waals surface area contributed by atoms with Gasteiger partial charge in [-0.1, -0.05) is 26.0 Å². The summed E-state index contributed by atoms with van der Waals surface area (Å²) in [5.74, 6) is 0.590. The Bertz CT molecular complexity index is 307. The molecular weight excluding hydrogens is 162 g/mol. The van der Waals surface area contributed by atoms with E-state index < -0.39 is 0 Å². The number of hydrogen-bond donors (Lipinski definition) is 1. The van der Waals surface area contributed by atoms with Crippen LogP contribution >= 0.6 is 0 Å². The molecule has 2 nitrogen and oxygen atoms in total. The van der Waals surface area contributed by atoms with Gasteiger partial charge in [-0.2, -0.15) is 0 Å². The summed E-state index contributed by atoms with van der Waals surface area (Å²) in [6, 6.07) is 6.56. The Morgan fingerprint density at radius 3 is 3.00 bits per heavy atom. The van der Waals surface area contributed by atoms with Crippen molar-refractivity contribution in [2.75, 3.05) is 12.0 Å². The van der Waals surface area contributed by atoms with Crippen molar-refractivity contribution >= 4 is 5.69 Å². The lowest BCUT2D eigenvalue weighted by molar-refractivity contribution is 0.130. The molecule has 1 N–H and O–H groups in total. The molecule has 0 unspecified atom stereocenters. The zero-order valence-electron chi connectivity index (χ0n) is 8.13. The Morgan fingerprint density at radius 2 is 2.23 bits per heavy atom. The standard InChI is InChI=1S/C11H15NO/c1-8(2)9-3-4-11-10(5-9)6-13-7-12-11/h3-5,8,12H,6-7H2,1-2H3. The van der Waals surface area contributed by atoms with E-state index in [0.29, 0.717) is 12.6 Å². The van der Waals surface area contributed by atoms with Crippen LogP contribution in [-0.4, -0.2) is 6.73 Å². The third-order valence-corrected chi connectivity index (χ3v) is 2.42. The third kappa shape index (κ3) is 1.68. The summed E-state index contributed by atoms with van der Waals surface area (Å²) in [7, 11) is 0. The molecule has 1 aromatic rings. The number of fused-ring (bicyclic) bond motifs is 1. The molecule has 2 rings (SSSR count). The fourth-order valence-corrected chi connectivity index (χ4v) is 1.55. The van der Waals surface area contributed by atoms with Gasteiger partial charge in [0.2, 0.25) is 0 Å². The van der Waals surface area contributed by atoms with Crippen LogP contribution < -0.4 is 5.32 Å². The van der Waals surface area contributed by atoms with Gasteiger partial charge in [0.1, 0.15) is 6.73 Å². The lowest BCUT2D eigenvalue weighted by Gasteiger charge is -2.19. The van der Waals surface area contributed by atoms with Crippen LogP contribution in [0, 0.1) is 0 Å². The van der Waals surface area contributed by atoms with Gasteiger partial charge in [0.25, 0.3) is 0 Å². The molecule has 1 aromatic carbocycles. The maximum atomic E-state index is 5.32. The van der Waals surface area contributed by atoms with Gasteiger partial charge in [-0.15, -0.1) is 0 Å². The molecule has 0 atom stereocenters. The van der Waals surface area contributed by atoms with Crippen LogP contribution in [0.3, 0.4) is 0 Å². The SMILES string of the molecule is CC(C)c1ccc2c(c1)COCN2. The van der Waals surface area contributed by atoms with Crippen LogP contribution in [0.4, 0.5) is 5.69 Å². The summed E-state index contributed by atoms with van der Waals surface area (Å²) in [6.45, 7) is 5.79. The number of ether oxygens (including phenoxy) is 1. The van der Waals surface area contributed by atoms with E-state index in [9.17, 15) is 0 Å². The highest BCUT2D eigenvalue weighted by Gasteiger charge is 2.09. The highest BCUT2D eigenvalue weighted by atomic mass is 16.5. The molecule has 70 valence electrons. The van der Waals surface area contributed by atoms with Gasteiger partial charge < -0.3 is 10.1 Å². The molecule has 1 aliphatic rings. The van der Waals surface area contributed by atoms with Crippen LogP contribution in [0.1, 0.15) is 30.9 Å². The van der Waals surface area contributed by atoms with E-state index in [2.05, 4.69) is 37.4 Å². The minimum Gasteiger partial charge on any atom is -0.362 e. The van der Waals surface area contributed by atoms with E-state index in [4.69, 9.17) is 4.74 Å². The number of benzene rings is 1. The maximum Gasteiger partial charge on any atom is 0.116 e. The topological polar surface area (TPSA) is 21.3 Å². The highest BCUT2D eigenvalue weighted by molar-refractivity contribution is 5.53. The largest absolute Gasteiger partial charge is 0.362 e. The molecular formula is C11H15NO. The summed E-state index contributed by atoms with van der Waals surface area (Å²) in [6.07, 6.45) is 0. The van der Waals surface area contributed by atoms with Gasteiger partial charge in [-0.05, 0) is 17.5 Å². The molecule has 0 spiro atoms. The molecule has 0 amide bonds. The molecule has 0 saturated carbocycles. The van der Waals surface area contributed by atoms with Crippen molar-refractivity contribution in [3.8, 4) is 0 Å². The maximum absolute atomic E-state index is 5.32. The Morgan fingerprint density at radius 1 is 1.38 bits per heavy atom. The fourth-order valence-electron chi connectivity index (χ4n) is 1.55. The van der Waals surface area contributed by atoms with Crippen molar-refractivity contribution in [1.82, 2.24) is 0 Å². The van der Waals surface area contributed by atoms with Gasteiger partial charge in [0.05, 0.1) is 6.61 Å². The molecule has 0 aromatic heterocycles. The van der Waals surface area contributed by atoms with E-state index >= 15 is 0 Å². The predicted molar refractivity (Wildman–Crippen MR) is 53.8 cm³/mol. The fraction of sp³-hybridized carbons (Fsp3) is 0.455. The molecule has 2 heteroatoms. The zero-order valence-corrected chi connectivity index (χ0v) is 8.13. The second kappa shape index (κ2) is 3.38. The van der Waals surface area contributed by atoms with Crippen LogP contribution in [0.25, 0.3) is 0 Å². The minimum absolute atomic E-state index is 0.590. The summed E-state index contributed by atoms with van der Waals surface area (Å²) >= 11 is 0. The zero-order chi connectivity index (χ0) is 9.26. The second-order valence-corrected chi connectivity index (χ2v) is 3.74. The van der Waals surface area contributed by atoms with Gasteiger partial charge in [-0.3, -0.25) is 0 Å². The monoisotopic (exact) mass is 177 g/mol. The quantitative estimate of drug-likeness (QED) is 0.712. The first kappa shape index (κ1) is 8.57. The van der Waals surface area contributed by atoms with Crippen molar-refractivity contribution in [3.63, 3.8) is 0 Å². The van der Waals surface area contributed by atoms with Gasteiger partial charge >= 0.3 is 0 Å². The normalized spacial score (nSPS) is 15.3. The Balaban J connectivity index is 2.35. The van der Waals surface area contributed by atoms with E-state index in [1.165, 1.54) is 16.8 Å². The van der Waals surface area contributed by atoms with E-state index in [0.717, 1.165) is 6.61 Å². The Hall–Kier alpha value is -1.02. The second-order valence-electron chi connectivity index (χ2n) is 3.74. The van der Waals surface area contributed by atoms with Crippen molar-refractivity contribution in [3.05, 3.63) is 29.3 Å². The average Bonchev–Trinajstić information content (AvgIpc) is 2.17. The number of rotatable bonds is 1. The van der Waals surface area contributed by atoms with Gasteiger partial charge in [0, 0.05) is 11.3 Å². The number of anilines is 1. The Kier molecular flexibility index (Phi) is 2.23. The summed E-state index contributed by atoms with van der Waals surface area (Å²) in [5.41, 5.74) is 3.87. The number of nitrogens with one attached hydrogen (secondary N) is 1. The molecule has 13 heavy (non-hydrogen) atoms. The first-order valence-electron chi connectivity index (χ1n) is 4.72. The van der Waals surface area contributed by atoms with Crippen LogP contribution in [-0.2, 0) is 11.3 Å². The highest BCUT2D eigenvalue weighted by Crippen LogP contribution is 2.25. The van der Waals surface area contributed by atoms with Crippen molar-refractivity contribution < 1.29 is 4.74 Å². The molecule has 0 bridgehead atoms. The predicted octanol–water partition coefficient (Wildman–Crippen LogP) is 2.71.